The standard InChI is InChI=1S/C13H4F5IN2O3/c14-7-3(1-20)5-6(8(15)4(7)2-21)10(23)12(19,9(5)22)11(24)13(16,17)18/h10-11,23-24H. The van der Waals surface area contributed by atoms with Gasteiger partial charge in [-0.15, -0.1) is 0 Å². The molecule has 3 atom stereocenters. The molecule has 0 saturated carbocycles. The van der Waals surface area contributed by atoms with Crippen LogP contribution >= 0.6 is 22.6 Å². The molecule has 126 valence electrons. The highest BCUT2D eigenvalue weighted by Gasteiger charge is 2.65. The Hall–Kier alpha value is -1.83. The second kappa shape index (κ2) is 5.61. The molecule has 0 saturated heterocycles. The van der Waals surface area contributed by atoms with E-state index >= 15 is 0 Å². The summed E-state index contributed by atoms with van der Waals surface area (Å²) >= 11 is 0.798. The number of halogens is 6. The van der Waals surface area contributed by atoms with E-state index in [1.54, 1.807) is 0 Å². The Morgan fingerprint density at radius 2 is 1.67 bits per heavy atom. The number of carbonyl (C=O) groups excluding carboxylic acids is 1. The minimum Gasteiger partial charge on any atom is -0.386 e. The van der Waals surface area contributed by atoms with E-state index in [4.69, 9.17) is 10.5 Å². The molecule has 2 N–H and O–H groups in total. The SMILES string of the molecule is N#Cc1c(F)c(C#N)c2c(c1F)C(O)C(I)(C(O)C(F)(F)F)C2=O. The molecule has 0 aromatic heterocycles. The lowest BCUT2D eigenvalue weighted by atomic mass is 9.94. The van der Waals surface area contributed by atoms with E-state index in [0.29, 0.717) is 0 Å². The molecule has 0 aliphatic heterocycles. The zero-order chi connectivity index (χ0) is 18.6. The fraction of sp³-hybridized carbons (Fsp3) is 0.308. The van der Waals surface area contributed by atoms with E-state index in [1.165, 1.54) is 6.07 Å². The van der Waals surface area contributed by atoms with Gasteiger partial charge in [0.25, 0.3) is 0 Å². The average Bonchev–Trinajstić information content (AvgIpc) is 2.69. The molecule has 0 heterocycles. The Bertz CT molecular complexity index is 842. The summed E-state index contributed by atoms with van der Waals surface area (Å²) in [5, 5.41) is 37.1. The van der Waals surface area contributed by atoms with Gasteiger partial charge in [-0.1, -0.05) is 22.6 Å². The van der Waals surface area contributed by atoms with Gasteiger partial charge in [0.15, 0.2) is 23.5 Å². The van der Waals surface area contributed by atoms with E-state index in [9.17, 15) is 37.0 Å². The zero-order valence-corrected chi connectivity index (χ0v) is 13.3. The number of ketones is 1. The number of alkyl halides is 4. The predicted octanol–water partition coefficient (Wildman–Crippen LogP) is 2.03. The number of rotatable bonds is 1. The third-order valence-corrected chi connectivity index (χ3v) is 5.26. The van der Waals surface area contributed by atoms with Gasteiger partial charge in [-0.05, 0) is 0 Å². The molecule has 0 radical (unpaired) electrons. The number of carbonyl (C=O) groups is 1. The predicted molar refractivity (Wildman–Crippen MR) is 73.9 cm³/mol. The highest BCUT2D eigenvalue weighted by Crippen LogP contribution is 2.53. The molecule has 24 heavy (non-hydrogen) atoms. The van der Waals surface area contributed by atoms with Gasteiger partial charge < -0.3 is 10.2 Å². The van der Waals surface area contributed by atoms with Crippen molar-refractivity contribution in [2.75, 3.05) is 0 Å². The van der Waals surface area contributed by atoms with E-state index in [1.807, 2.05) is 0 Å². The summed E-state index contributed by atoms with van der Waals surface area (Å²) < 4.78 is 63.6. The van der Waals surface area contributed by atoms with Gasteiger partial charge in [0.05, 0.1) is 0 Å². The Kier molecular flexibility index (Phi) is 4.33. The molecule has 1 aromatic rings. The minimum atomic E-state index is -5.36. The second-order valence-electron chi connectivity index (χ2n) is 4.83. The van der Waals surface area contributed by atoms with Gasteiger partial charge >= 0.3 is 6.18 Å². The van der Waals surface area contributed by atoms with E-state index in [-0.39, 0.29) is 0 Å². The summed E-state index contributed by atoms with van der Waals surface area (Å²) in [6.45, 7) is 0. The van der Waals surface area contributed by atoms with Crippen molar-refractivity contribution in [3.05, 3.63) is 33.9 Å². The lowest BCUT2D eigenvalue weighted by molar-refractivity contribution is -0.213. The normalized spacial score (nSPS) is 24.2. The van der Waals surface area contributed by atoms with Crippen LogP contribution in [0.5, 0.6) is 0 Å². The molecule has 0 amide bonds. The Morgan fingerprint density at radius 1 is 1.17 bits per heavy atom. The van der Waals surface area contributed by atoms with Crippen LogP contribution in [0.4, 0.5) is 22.0 Å². The zero-order valence-electron chi connectivity index (χ0n) is 11.1. The average molecular weight is 458 g/mol. The van der Waals surface area contributed by atoms with Crippen molar-refractivity contribution in [1.29, 1.82) is 10.5 Å². The Morgan fingerprint density at radius 3 is 2.08 bits per heavy atom. The van der Waals surface area contributed by atoms with Crippen LogP contribution in [0.25, 0.3) is 0 Å². The number of fused-ring (bicyclic) bond motifs is 1. The molecule has 5 nitrogen and oxygen atoms in total. The van der Waals surface area contributed by atoms with Crippen LogP contribution in [-0.2, 0) is 0 Å². The first-order valence-electron chi connectivity index (χ1n) is 5.96. The first-order valence-corrected chi connectivity index (χ1v) is 7.04. The smallest absolute Gasteiger partial charge is 0.386 e. The monoisotopic (exact) mass is 458 g/mol. The van der Waals surface area contributed by atoms with Gasteiger partial charge in [0.2, 0.25) is 0 Å². The lowest BCUT2D eigenvalue weighted by Crippen LogP contribution is -2.52. The summed E-state index contributed by atoms with van der Waals surface area (Å²) in [6, 6.07) is 2.25. The lowest BCUT2D eigenvalue weighted by Gasteiger charge is -2.31. The first kappa shape index (κ1) is 18.5. The fourth-order valence-electron chi connectivity index (χ4n) is 2.44. The van der Waals surface area contributed by atoms with Crippen molar-refractivity contribution in [2.45, 2.75) is 21.8 Å². The number of benzene rings is 1. The Balaban J connectivity index is 2.88. The van der Waals surface area contributed by atoms with Gasteiger partial charge in [0, 0.05) is 11.1 Å². The molecule has 0 spiro atoms. The topological polar surface area (TPSA) is 105 Å². The van der Waals surface area contributed by atoms with Crippen LogP contribution in [0, 0.1) is 34.3 Å². The third-order valence-electron chi connectivity index (χ3n) is 3.59. The molecule has 1 aromatic carbocycles. The number of hydrogen-bond donors (Lipinski definition) is 2. The van der Waals surface area contributed by atoms with E-state index < -0.39 is 61.5 Å². The van der Waals surface area contributed by atoms with Crippen LogP contribution < -0.4 is 0 Å². The van der Waals surface area contributed by atoms with Gasteiger partial charge in [0.1, 0.15) is 32.8 Å². The van der Waals surface area contributed by atoms with Crippen molar-refractivity contribution in [3.63, 3.8) is 0 Å². The molecule has 0 bridgehead atoms. The van der Waals surface area contributed by atoms with Crippen molar-refractivity contribution in [1.82, 2.24) is 0 Å². The summed E-state index contributed by atoms with van der Waals surface area (Å²) in [6.07, 6.45) is -11.3. The highest BCUT2D eigenvalue weighted by atomic mass is 127. The molecule has 1 aliphatic carbocycles. The van der Waals surface area contributed by atoms with Crippen molar-refractivity contribution in [3.8, 4) is 12.1 Å². The number of nitriles is 2. The van der Waals surface area contributed by atoms with Gasteiger partial charge in [-0.2, -0.15) is 23.7 Å². The van der Waals surface area contributed by atoms with Crippen LogP contribution in [0.3, 0.4) is 0 Å². The van der Waals surface area contributed by atoms with E-state index in [0.717, 1.165) is 28.7 Å². The van der Waals surface area contributed by atoms with Crippen molar-refractivity contribution in [2.24, 2.45) is 0 Å². The van der Waals surface area contributed by atoms with Crippen LogP contribution in [-0.4, -0.2) is 31.7 Å². The summed E-state index contributed by atoms with van der Waals surface area (Å²) in [5.41, 5.74) is -4.72. The molecule has 3 unspecified atom stereocenters. The maximum absolute atomic E-state index is 14.2. The molecular formula is C13H4F5IN2O3. The Labute approximate surface area is 144 Å². The maximum Gasteiger partial charge on any atom is 0.416 e. The number of hydrogen-bond acceptors (Lipinski definition) is 5. The third kappa shape index (κ3) is 2.19. The molecule has 0 fully saturated rings. The number of nitrogens with zero attached hydrogens (tertiary/aromatic N) is 2. The van der Waals surface area contributed by atoms with Crippen molar-refractivity contribution >= 4 is 28.4 Å². The van der Waals surface area contributed by atoms with Gasteiger partial charge in [-0.3, -0.25) is 4.79 Å². The van der Waals surface area contributed by atoms with E-state index in [2.05, 4.69) is 0 Å². The van der Waals surface area contributed by atoms with Crippen molar-refractivity contribution < 1.29 is 37.0 Å². The summed E-state index contributed by atoms with van der Waals surface area (Å²) in [7, 11) is 0. The number of Topliss-reactive ketones (excluding diaryl/α,β-unsaturated/α-hetero) is 1. The molecule has 1 aliphatic rings. The summed E-state index contributed by atoms with van der Waals surface area (Å²) in [4.78, 5) is 12.3. The highest BCUT2D eigenvalue weighted by molar-refractivity contribution is 14.1. The molecular weight excluding hydrogens is 454 g/mol. The van der Waals surface area contributed by atoms with Crippen LogP contribution in [0.15, 0.2) is 0 Å². The number of aliphatic hydroxyl groups excluding tert-OH is 2. The molecule has 2 rings (SSSR count). The quantitative estimate of drug-likeness (QED) is 0.381. The molecule has 11 heteroatoms. The van der Waals surface area contributed by atoms with Crippen LogP contribution in [0.2, 0.25) is 0 Å². The largest absolute Gasteiger partial charge is 0.416 e. The minimum absolute atomic E-state index is 0.798. The fourth-order valence-corrected chi connectivity index (χ4v) is 3.38. The van der Waals surface area contributed by atoms with Crippen LogP contribution in [0.1, 0.15) is 33.2 Å². The maximum atomic E-state index is 14.2. The second-order valence-corrected chi connectivity index (χ2v) is 6.62. The first-order chi connectivity index (χ1) is 10.9. The number of aliphatic hydroxyl groups is 2. The summed E-state index contributed by atoms with van der Waals surface area (Å²) in [5.74, 6) is -5.13. The van der Waals surface area contributed by atoms with Gasteiger partial charge in [-0.25, -0.2) is 8.78 Å².